The summed E-state index contributed by atoms with van der Waals surface area (Å²) in [6.07, 6.45) is 0. The molecule has 6 nitrogen and oxygen atoms in total. The molecule has 128 valence electrons. The Bertz CT molecular complexity index is 955. The SMILES string of the molecule is COc1cccc(CNC(=O)CSc2nc3ccccc3c(=O)[nH]2)c1. The number of hydrogen-bond acceptors (Lipinski definition) is 5. The molecule has 0 saturated heterocycles. The first-order valence-electron chi connectivity index (χ1n) is 7.67. The first-order chi connectivity index (χ1) is 12.2. The lowest BCUT2D eigenvalue weighted by Gasteiger charge is -2.07. The number of aromatic amines is 1. The van der Waals surface area contributed by atoms with Crippen LogP contribution in [-0.4, -0.2) is 28.7 Å². The maximum absolute atomic E-state index is 12.0. The third-order valence-corrected chi connectivity index (χ3v) is 4.43. The fourth-order valence-corrected chi connectivity index (χ4v) is 3.00. The van der Waals surface area contributed by atoms with E-state index in [9.17, 15) is 9.59 Å². The van der Waals surface area contributed by atoms with E-state index in [1.54, 1.807) is 25.3 Å². The number of para-hydroxylation sites is 1. The first kappa shape index (κ1) is 17.0. The normalized spacial score (nSPS) is 10.6. The smallest absolute Gasteiger partial charge is 0.259 e. The Labute approximate surface area is 148 Å². The number of carbonyl (C=O) groups excluding carboxylic acids is 1. The number of amides is 1. The molecule has 2 N–H and O–H groups in total. The van der Waals surface area contributed by atoms with Crippen molar-refractivity contribution in [1.82, 2.24) is 15.3 Å². The molecular weight excluding hydrogens is 338 g/mol. The van der Waals surface area contributed by atoms with Gasteiger partial charge in [-0.3, -0.25) is 9.59 Å². The van der Waals surface area contributed by atoms with Crippen LogP contribution < -0.4 is 15.6 Å². The van der Waals surface area contributed by atoms with Crippen LogP contribution in [0.5, 0.6) is 5.75 Å². The van der Waals surface area contributed by atoms with Crippen molar-refractivity contribution in [2.45, 2.75) is 11.7 Å². The lowest BCUT2D eigenvalue weighted by Crippen LogP contribution is -2.24. The first-order valence-corrected chi connectivity index (χ1v) is 8.66. The van der Waals surface area contributed by atoms with E-state index >= 15 is 0 Å². The van der Waals surface area contributed by atoms with Gasteiger partial charge in [0, 0.05) is 6.54 Å². The minimum Gasteiger partial charge on any atom is -0.497 e. The third-order valence-electron chi connectivity index (χ3n) is 3.55. The van der Waals surface area contributed by atoms with Gasteiger partial charge >= 0.3 is 0 Å². The number of rotatable bonds is 6. The lowest BCUT2D eigenvalue weighted by atomic mass is 10.2. The standard InChI is InChI=1S/C18H17N3O3S/c1-24-13-6-4-5-12(9-13)10-19-16(22)11-25-18-20-15-8-3-2-7-14(15)17(23)21-18/h2-9H,10-11H2,1H3,(H,19,22)(H,20,21,23). The molecule has 3 rings (SSSR count). The Morgan fingerprint density at radius 3 is 2.92 bits per heavy atom. The number of aromatic nitrogens is 2. The lowest BCUT2D eigenvalue weighted by molar-refractivity contribution is -0.118. The summed E-state index contributed by atoms with van der Waals surface area (Å²) in [6.45, 7) is 0.415. The van der Waals surface area contributed by atoms with Gasteiger partial charge in [-0.05, 0) is 29.8 Å². The molecule has 0 unspecified atom stereocenters. The number of nitrogens with one attached hydrogen (secondary N) is 2. The Morgan fingerprint density at radius 2 is 2.08 bits per heavy atom. The number of methoxy groups -OCH3 is 1. The molecule has 7 heteroatoms. The predicted molar refractivity (Wildman–Crippen MR) is 97.9 cm³/mol. The van der Waals surface area contributed by atoms with E-state index in [4.69, 9.17) is 4.74 Å². The number of nitrogens with zero attached hydrogens (tertiary/aromatic N) is 1. The summed E-state index contributed by atoms with van der Waals surface area (Å²) in [5.41, 5.74) is 1.37. The number of hydrogen-bond donors (Lipinski definition) is 2. The van der Waals surface area contributed by atoms with E-state index in [0.29, 0.717) is 22.6 Å². The molecule has 1 aromatic heterocycles. The number of benzene rings is 2. The molecule has 1 heterocycles. The zero-order chi connectivity index (χ0) is 17.6. The van der Waals surface area contributed by atoms with Gasteiger partial charge in [0.15, 0.2) is 5.16 Å². The second-order valence-electron chi connectivity index (χ2n) is 5.31. The topological polar surface area (TPSA) is 84.1 Å². The maximum Gasteiger partial charge on any atom is 0.259 e. The monoisotopic (exact) mass is 355 g/mol. The van der Waals surface area contributed by atoms with Crippen molar-refractivity contribution in [3.05, 3.63) is 64.4 Å². The van der Waals surface area contributed by atoms with Gasteiger partial charge in [-0.15, -0.1) is 0 Å². The van der Waals surface area contributed by atoms with Crippen LogP contribution in [0.3, 0.4) is 0 Å². The average Bonchev–Trinajstić information content (AvgIpc) is 2.65. The summed E-state index contributed by atoms with van der Waals surface area (Å²) in [4.78, 5) is 31.1. The summed E-state index contributed by atoms with van der Waals surface area (Å²) in [7, 11) is 1.60. The molecule has 0 saturated carbocycles. The molecule has 0 fully saturated rings. The number of fused-ring (bicyclic) bond motifs is 1. The van der Waals surface area contributed by atoms with Crippen molar-refractivity contribution in [3.63, 3.8) is 0 Å². The highest BCUT2D eigenvalue weighted by atomic mass is 32.2. The van der Waals surface area contributed by atoms with E-state index in [1.165, 1.54) is 11.8 Å². The molecule has 0 radical (unpaired) electrons. The quantitative estimate of drug-likeness (QED) is 0.524. The van der Waals surface area contributed by atoms with Crippen LogP contribution >= 0.6 is 11.8 Å². The fraction of sp³-hybridized carbons (Fsp3) is 0.167. The van der Waals surface area contributed by atoms with Gasteiger partial charge in [-0.2, -0.15) is 0 Å². The number of ether oxygens (including phenoxy) is 1. The fourth-order valence-electron chi connectivity index (χ4n) is 2.30. The molecule has 0 aliphatic rings. The van der Waals surface area contributed by atoms with Gasteiger partial charge in [0.2, 0.25) is 5.91 Å². The van der Waals surface area contributed by atoms with Crippen LogP contribution in [-0.2, 0) is 11.3 Å². The number of thioether (sulfide) groups is 1. The van der Waals surface area contributed by atoms with Crippen molar-refractivity contribution in [2.75, 3.05) is 12.9 Å². The number of carbonyl (C=O) groups is 1. The van der Waals surface area contributed by atoms with E-state index in [0.717, 1.165) is 11.3 Å². The highest BCUT2D eigenvalue weighted by Crippen LogP contribution is 2.15. The number of H-pyrrole nitrogens is 1. The molecular formula is C18H17N3O3S. The van der Waals surface area contributed by atoms with Crippen LogP contribution in [0.25, 0.3) is 10.9 Å². The highest BCUT2D eigenvalue weighted by molar-refractivity contribution is 7.99. The van der Waals surface area contributed by atoms with Crippen LogP contribution in [0.1, 0.15) is 5.56 Å². The molecule has 25 heavy (non-hydrogen) atoms. The third kappa shape index (κ3) is 4.39. The molecule has 1 amide bonds. The molecule has 2 aromatic carbocycles. The zero-order valence-electron chi connectivity index (χ0n) is 13.6. The zero-order valence-corrected chi connectivity index (χ0v) is 14.4. The van der Waals surface area contributed by atoms with Crippen molar-refractivity contribution in [2.24, 2.45) is 0 Å². The van der Waals surface area contributed by atoms with Crippen LogP contribution in [0.4, 0.5) is 0 Å². The maximum atomic E-state index is 12.0. The van der Waals surface area contributed by atoms with Gasteiger partial charge in [0.1, 0.15) is 5.75 Å². The van der Waals surface area contributed by atoms with Crippen molar-refractivity contribution in [1.29, 1.82) is 0 Å². The van der Waals surface area contributed by atoms with Gasteiger partial charge in [0.05, 0.1) is 23.8 Å². The minimum atomic E-state index is -0.204. The molecule has 0 aliphatic heterocycles. The highest BCUT2D eigenvalue weighted by Gasteiger charge is 2.07. The van der Waals surface area contributed by atoms with Crippen molar-refractivity contribution in [3.8, 4) is 5.75 Å². The summed E-state index contributed by atoms with van der Waals surface area (Å²) in [6, 6.07) is 14.6. The molecule has 0 spiro atoms. The Balaban J connectivity index is 1.58. The second kappa shape index (κ2) is 7.85. The van der Waals surface area contributed by atoms with Crippen LogP contribution in [0.15, 0.2) is 58.5 Å². The van der Waals surface area contributed by atoms with Gasteiger partial charge < -0.3 is 15.0 Å². The Kier molecular flexibility index (Phi) is 5.35. The van der Waals surface area contributed by atoms with Gasteiger partial charge in [-0.1, -0.05) is 36.0 Å². The Hall–Kier alpha value is -2.80. The molecule has 0 aliphatic carbocycles. The van der Waals surface area contributed by atoms with Gasteiger partial charge in [0.25, 0.3) is 5.56 Å². The Morgan fingerprint density at radius 1 is 1.24 bits per heavy atom. The van der Waals surface area contributed by atoms with Gasteiger partial charge in [-0.25, -0.2) is 4.98 Å². The van der Waals surface area contributed by atoms with E-state index in [2.05, 4.69) is 15.3 Å². The summed E-state index contributed by atoms with van der Waals surface area (Å²) in [5, 5.41) is 3.80. The molecule has 0 bridgehead atoms. The predicted octanol–water partition coefficient (Wildman–Crippen LogP) is 2.34. The van der Waals surface area contributed by atoms with E-state index in [1.807, 2.05) is 30.3 Å². The molecule has 0 atom stereocenters. The van der Waals surface area contributed by atoms with Crippen molar-refractivity contribution < 1.29 is 9.53 Å². The average molecular weight is 355 g/mol. The van der Waals surface area contributed by atoms with Crippen LogP contribution in [0, 0.1) is 0 Å². The summed E-state index contributed by atoms with van der Waals surface area (Å²) in [5.74, 6) is 0.785. The van der Waals surface area contributed by atoms with Crippen LogP contribution in [0.2, 0.25) is 0 Å². The summed E-state index contributed by atoms with van der Waals surface area (Å²) < 4.78 is 5.15. The minimum absolute atomic E-state index is 0.136. The largest absolute Gasteiger partial charge is 0.497 e. The van der Waals surface area contributed by atoms with E-state index in [-0.39, 0.29) is 17.2 Å². The summed E-state index contributed by atoms with van der Waals surface area (Å²) >= 11 is 1.20. The van der Waals surface area contributed by atoms with Crippen molar-refractivity contribution >= 4 is 28.6 Å². The second-order valence-corrected chi connectivity index (χ2v) is 6.27. The molecule has 3 aromatic rings. The van der Waals surface area contributed by atoms with E-state index < -0.39 is 0 Å².